The molecule has 0 rings (SSSR count). The molecule has 0 aliphatic heterocycles. The van der Waals surface area contributed by atoms with Crippen LogP contribution in [0.1, 0.15) is 136 Å². The molecule has 0 aromatic heterocycles. The molecule has 0 saturated carbocycles. The van der Waals surface area contributed by atoms with E-state index >= 15 is 0 Å². The minimum absolute atomic E-state index is 0.989. The van der Waals surface area contributed by atoms with Crippen LogP contribution in [-0.4, -0.2) is 0 Å². The van der Waals surface area contributed by atoms with Crippen LogP contribution in [0.15, 0.2) is 12.2 Å². The summed E-state index contributed by atoms with van der Waals surface area (Å²) in [6.45, 7) is 6.98. The number of unbranched alkanes of at least 4 members (excludes halogenated alkanes) is 12. The van der Waals surface area contributed by atoms with Crippen LogP contribution in [0.5, 0.6) is 0 Å². The van der Waals surface area contributed by atoms with Gasteiger partial charge in [0.05, 0.1) is 0 Å². The van der Waals surface area contributed by atoms with Gasteiger partial charge in [-0.25, -0.2) is 0 Å². The molecule has 144 valence electrons. The van der Waals surface area contributed by atoms with Gasteiger partial charge in [-0.05, 0) is 31.6 Å². The molecule has 0 saturated heterocycles. The zero-order valence-electron chi connectivity index (χ0n) is 17.5. The summed E-state index contributed by atoms with van der Waals surface area (Å²) in [5.41, 5.74) is 0. The number of hydrogen-bond donors (Lipinski definition) is 0. The number of rotatable bonds is 19. The van der Waals surface area contributed by atoms with Crippen molar-refractivity contribution in [3.8, 4) is 0 Å². The number of allylic oxidation sites excluding steroid dienone is 2. The summed E-state index contributed by atoms with van der Waals surface area (Å²) in [5.74, 6) is 0.989. The summed E-state index contributed by atoms with van der Waals surface area (Å²) < 4.78 is 0. The van der Waals surface area contributed by atoms with E-state index in [1.807, 2.05) is 0 Å². The lowest BCUT2D eigenvalue weighted by Crippen LogP contribution is -1.98. The lowest BCUT2D eigenvalue weighted by atomic mass is 9.92. The van der Waals surface area contributed by atoms with E-state index in [0.717, 1.165) is 5.92 Å². The fraction of sp³-hybridized carbons (Fsp3) is 0.917. The van der Waals surface area contributed by atoms with Gasteiger partial charge in [-0.2, -0.15) is 0 Å². The van der Waals surface area contributed by atoms with Gasteiger partial charge in [-0.3, -0.25) is 0 Å². The predicted molar refractivity (Wildman–Crippen MR) is 113 cm³/mol. The van der Waals surface area contributed by atoms with Gasteiger partial charge in [0.1, 0.15) is 0 Å². The van der Waals surface area contributed by atoms with Gasteiger partial charge in [0, 0.05) is 0 Å². The molecule has 0 aliphatic carbocycles. The van der Waals surface area contributed by atoms with E-state index in [4.69, 9.17) is 0 Å². The minimum Gasteiger partial charge on any atom is -0.0885 e. The molecule has 0 bridgehead atoms. The van der Waals surface area contributed by atoms with Crippen molar-refractivity contribution in [2.45, 2.75) is 136 Å². The van der Waals surface area contributed by atoms with Crippen molar-refractivity contribution < 1.29 is 0 Å². The summed E-state index contributed by atoms with van der Waals surface area (Å²) in [7, 11) is 0. The number of hydrogen-bond acceptors (Lipinski definition) is 0. The summed E-state index contributed by atoms with van der Waals surface area (Å²) >= 11 is 0. The van der Waals surface area contributed by atoms with Crippen molar-refractivity contribution in [3.05, 3.63) is 12.2 Å². The first-order valence-electron chi connectivity index (χ1n) is 11.5. The largest absolute Gasteiger partial charge is 0.0885 e. The Morgan fingerprint density at radius 3 is 1.54 bits per heavy atom. The molecule has 0 amide bonds. The third-order valence-corrected chi connectivity index (χ3v) is 5.42. The molecule has 0 N–H and O–H groups in total. The molecule has 0 aromatic carbocycles. The lowest BCUT2D eigenvalue weighted by Gasteiger charge is -2.14. The van der Waals surface area contributed by atoms with Crippen LogP contribution in [0.4, 0.5) is 0 Å². The molecule has 0 aromatic rings. The maximum Gasteiger partial charge on any atom is -0.0351 e. The molecule has 1 unspecified atom stereocenters. The van der Waals surface area contributed by atoms with E-state index in [9.17, 15) is 0 Å². The van der Waals surface area contributed by atoms with Crippen molar-refractivity contribution in [2.75, 3.05) is 0 Å². The summed E-state index contributed by atoms with van der Waals surface area (Å²) in [6, 6.07) is 0. The first-order valence-corrected chi connectivity index (χ1v) is 11.5. The molecular formula is C24H48. The average Bonchev–Trinajstić information content (AvgIpc) is 2.60. The maximum atomic E-state index is 2.44. The predicted octanol–water partition coefficient (Wildman–Crippen LogP) is 9.24. The highest BCUT2D eigenvalue weighted by molar-refractivity contribution is 4.81. The highest BCUT2D eigenvalue weighted by Crippen LogP contribution is 2.21. The van der Waals surface area contributed by atoms with E-state index in [1.54, 1.807) is 0 Å². The second kappa shape index (κ2) is 20.8. The SMILES string of the molecule is CCCCCCCC=CCCCC(CC)CCCCCCCCC. The van der Waals surface area contributed by atoms with Gasteiger partial charge in [-0.1, -0.05) is 123 Å². The second-order valence-electron chi connectivity index (χ2n) is 7.79. The zero-order valence-corrected chi connectivity index (χ0v) is 17.5. The summed E-state index contributed by atoms with van der Waals surface area (Å²) in [6.07, 6.45) is 30.4. The van der Waals surface area contributed by atoms with Gasteiger partial charge < -0.3 is 0 Å². The van der Waals surface area contributed by atoms with Crippen LogP contribution < -0.4 is 0 Å². The molecule has 1 atom stereocenters. The third kappa shape index (κ3) is 18.1. The van der Waals surface area contributed by atoms with E-state index in [2.05, 4.69) is 32.9 Å². The van der Waals surface area contributed by atoms with E-state index in [1.165, 1.54) is 116 Å². The van der Waals surface area contributed by atoms with Crippen molar-refractivity contribution in [1.82, 2.24) is 0 Å². The first kappa shape index (κ1) is 23.7. The van der Waals surface area contributed by atoms with Crippen molar-refractivity contribution >= 4 is 0 Å². The Morgan fingerprint density at radius 2 is 0.958 bits per heavy atom. The van der Waals surface area contributed by atoms with Crippen LogP contribution in [0, 0.1) is 5.92 Å². The van der Waals surface area contributed by atoms with E-state index in [0.29, 0.717) is 0 Å². The molecule has 0 heteroatoms. The van der Waals surface area contributed by atoms with Crippen LogP contribution in [0.3, 0.4) is 0 Å². The fourth-order valence-corrected chi connectivity index (χ4v) is 3.57. The van der Waals surface area contributed by atoms with Gasteiger partial charge in [0.15, 0.2) is 0 Å². The standard InChI is InChI=1S/C24H48/c1-4-7-9-11-13-14-15-17-19-21-23-24(6-3)22-20-18-16-12-10-8-5-2/h15,17,24H,4-14,16,18-23H2,1-3H3. The van der Waals surface area contributed by atoms with Gasteiger partial charge in [0.2, 0.25) is 0 Å². The highest BCUT2D eigenvalue weighted by Gasteiger charge is 2.05. The zero-order chi connectivity index (χ0) is 17.7. The van der Waals surface area contributed by atoms with Crippen LogP contribution in [0.25, 0.3) is 0 Å². The monoisotopic (exact) mass is 336 g/mol. The normalized spacial score (nSPS) is 13.0. The first-order chi connectivity index (χ1) is 11.8. The van der Waals surface area contributed by atoms with Crippen LogP contribution in [0.2, 0.25) is 0 Å². The molecule has 0 aliphatic rings. The quantitative estimate of drug-likeness (QED) is 0.163. The molecule has 24 heavy (non-hydrogen) atoms. The second-order valence-corrected chi connectivity index (χ2v) is 7.79. The molecule has 0 heterocycles. The van der Waals surface area contributed by atoms with Crippen LogP contribution >= 0.6 is 0 Å². The Kier molecular flexibility index (Phi) is 20.6. The Balaban J connectivity index is 3.38. The van der Waals surface area contributed by atoms with E-state index < -0.39 is 0 Å². The van der Waals surface area contributed by atoms with Gasteiger partial charge in [0.25, 0.3) is 0 Å². The Labute approximate surface area is 154 Å². The van der Waals surface area contributed by atoms with Gasteiger partial charge >= 0.3 is 0 Å². The minimum atomic E-state index is 0.989. The van der Waals surface area contributed by atoms with Crippen molar-refractivity contribution in [2.24, 2.45) is 5.92 Å². The molecular weight excluding hydrogens is 288 g/mol. The molecule has 0 spiro atoms. The van der Waals surface area contributed by atoms with E-state index in [-0.39, 0.29) is 0 Å². The summed E-state index contributed by atoms with van der Waals surface area (Å²) in [4.78, 5) is 0. The fourth-order valence-electron chi connectivity index (χ4n) is 3.57. The smallest absolute Gasteiger partial charge is 0.0351 e. The highest BCUT2D eigenvalue weighted by atomic mass is 14.1. The topological polar surface area (TPSA) is 0 Å². The summed E-state index contributed by atoms with van der Waals surface area (Å²) in [5, 5.41) is 0. The van der Waals surface area contributed by atoms with Crippen molar-refractivity contribution in [3.63, 3.8) is 0 Å². The van der Waals surface area contributed by atoms with Gasteiger partial charge in [-0.15, -0.1) is 0 Å². The van der Waals surface area contributed by atoms with Crippen molar-refractivity contribution in [1.29, 1.82) is 0 Å². The Bertz CT molecular complexity index is 240. The average molecular weight is 337 g/mol. The maximum absolute atomic E-state index is 2.44. The Morgan fingerprint density at radius 1 is 0.500 bits per heavy atom. The molecule has 0 nitrogen and oxygen atoms in total. The third-order valence-electron chi connectivity index (χ3n) is 5.42. The van der Waals surface area contributed by atoms with Crippen LogP contribution in [-0.2, 0) is 0 Å². The lowest BCUT2D eigenvalue weighted by molar-refractivity contribution is 0.402. The molecule has 0 radical (unpaired) electrons. The molecule has 0 fully saturated rings. The Hall–Kier alpha value is -0.260.